The van der Waals surface area contributed by atoms with Gasteiger partial charge in [0.25, 0.3) is 0 Å². The summed E-state index contributed by atoms with van der Waals surface area (Å²) in [5.41, 5.74) is 1.70. The van der Waals surface area contributed by atoms with Gasteiger partial charge >= 0.3 is 5.97 Å². The second-order valence-electron chi connectivity index (χ2n) is 4.41. The molecule has 0 spiro atoms. The first-order chi connectivity index (χ1) is 10.1. The van der Waals surface area contributed by atoms with Gasteiger partial charge in [-0.15, -0.1) is 0 Å². The molecule has 0 radical (unpaired) electrons. The highest BCUT2D eigenvalue weighted by Crippen LogP contribution is 2.20. The van der Waals surface area contributed by atoms with Crippen LogP contribution in [0.15, 0.2) is 42.5 Å². The van der Waals surface area contributed by atoms with Gasteiger partial charge in [-0.2, -0.15) is 0 Å². The van der Waals surface area contributed by atoms with Gasteiger partial charge in [-0.1, -0.05) is 18.2 Å². The van der Waals surface area contributed by atoms with E-state index in [4.69, 9.17) is 9.84 Å². The van der Waals surface area contributed by atoms with E-state index < -0.39 is 11.8 Å². The number of halogens is 1. The number of aromatic hydroxyl groups is 1. The van der Waals surface area contributed by atoms with Crippen molar-refractivity contribution in [3.63, 3.8) is 0 Å². The van der Waals surface area contributed by atoms with E-state index in [0.717, 1.165) is 0 Å². The van der Waals surface area contributed by atoms with Crippen molar-refractivity contribution in [1.29, 1.82) is 0 Å². The van der Waals surface area contributed by atoms with Crippen LogP contribution in [0.1, 0.15) is 22.8 Å². The van der Waals surface area contributed by atoms with E-state index in [0.29, 0.717) is 30.0 Å². The van der Waals surface area contributed by atoms with E-state index in [1.165, 1.54) is 12.1 Å². The highest BCUT2D eigenvalue weighted by atomic mass is 19.1. The summed E-state index contributed by atoms with van der Waals surface area (Å²) in [5, 5.41) is 12.2. The number of phenols is 1. The number of benzene rings is 2. The number of para-hydroxylation sites is 1. The average molecular weight is 289 g/mol. The molecule has 0 saturated heterocycles. The van der Waals surface area contributed by atoms with E-state index in [9.17, 15) is 9.18 Å². The Morgan fingerprint density at radius 1 is 1.29 bits per heavy atom. The van der Waals surface area contributed by atoms with Crippen LogP contribution in [0.4, 0.5) is 10.1 Å². The fourth-order valence-corrected chi connectivity index (χ4v) is 1.88. The molecule has 0 aliphatic rings. The number of ether oxygens (including phenoxy) is 1. The first kappa shape index (κ1) is 14.8. The monoisotopic (exact) mass is 289 g/mol. The molecule has 2 N–H and O–H groups in total. The maximum atomic E-state index is 13.3. The molecular formula is C16H16FNO3. The van der Waals surface area contributed by atoms with E-state index in [1.807, 2.05) is 0 Å². The van der Waals surface area contributed by atoms with Crippen molar-refractivity contribution in [3.05, 3.63) is 59.4 Å². The lowest BCUT2D eigenvalue weighted by atomic mass is 10.1. The van der Waals surface area contributed by atoms with Crippen LogP contribution in [0.5, 0.6) is 5.75 Å². The number of nitrogens with one attached hydrogen (secondary N) is 1. The van der Waals surface area contributed by atoms with Crippen LogP contribution in [0, 0.1) is 5.82 Å². The SMILES string of the molecule is CCOC(=O)c1ccccc1NCc1ccc(O)c(F)c1. The summed E-state index contributed by atoms with van der Waals surface area (Å²) >= 11 is 0. The molecule has 2 rings (SSSR count). The number of esters is 1. The Morgan fingerprint density at radius 2 is 2.05 bits per heavy atom. The molecule has 0 unspecified atom stereocenters. The third kappa shape index (κ3) is 3.72. The van der Waals surface area contributed by atoms with Crippen molar-refractivity contribution in [2.24, 2.45) is 0 Å². The van der Waals surface area contributed by atoms with Gasteiger partial charge in [0.05, 0.1) is 12.2 Å². The quantitative estimate of drug-likeness (QED) is 0.829. The highest BCUT2D eigenvalue weighted by Gasteiger charge is 2.11. The van der Waals surface area contributed by atoms with E-state index in [1.54, 1.807) is 37.3 Å². The lowest BCUT2D eigenvalue weighted by Crippen LogP contribution is -2.09. The van der Waals surface area contributed by atoms with Gasteiger partial charge in [-0.25, -0.2) is 9.18 Å². The molecule has 0 heterocycles. The molecule has 0 saturated carbocycles. The summed E-state index contributed by atoms with van der Waals surface area (Å²) in [5.74, 6) is -1.46. The topological polar surface area (TPSA) is 58.6 Å². The Balaban J connectivity index is 2.12. The summed E-state index contributed by atoms with van der Waals surface area (Å²) in [4.78, 5) is 11.8. The van der Waals surface area contributed by atoms with Crippen molar-refractivity contribution >= 4 is 11.7 Å². The molecule has 5 heteroatoms. The van der Waals surface area contributed by atoms with Crippen molar-refractivity contribution in [2.75, 3.05) is 11.9 Å². The summed E-state index contributed by atoms with van der Waals surface area (Å²) in [6.45, 7) is 2.37. The number of carbonyl (C=O) groups excluding carboxylic acids is 1. The number of anilines is 1. The molecule has 0 fully saturated rings. The van der Waals surface area contributed by atoms with Gasteiger partial charge in [0.15, 0.2) is 11.6 Å². The number of hydrogen-bond acceptors (Lipinski definition) is 4. The van der Waals surface area contributed by atoms with Gasteiger partial charge in [0, 0.05) is 12.2 Å². The van der Waals surface area contributed by atoms with Gasteiger partial charge in [0.2, 0.25) is 0 Å². The van der Waals surface area contributed by atoms with Crippen LogP contribution >= 0.6 is 0 Å². The Labute approximate surface area is 122 Å². The molecule has 0 aliphatic carbocycles. The van der Waals surface area contributed by atoms with E-state index >= 15 is 0 Å². The predicted molar refractivity (Wildman–Crippen MR) is 77.8 cm³/mol. The highest BCUT2D eigenvalue weighted by molar-refractivity contribution is 5.95. The second kappa shape index (κ2) is 6.74. The number of phenolic OH excluding ortho intramolecular Hbond substituents is 1. The summed E-state index contributed by atoms with van der Waals surface area (Å²) in [6, 6.07) is 11.1. The standard InChI is InChI=1S/C16H16FNO3/c1-2-21-16(20)12-5-3-4-6-14(12)18-10-11-7-8-15(19)13(17)9-11/h3-9,18-19H,2,10H2,1H3. The summed E-state index contributed by atoms with van der Waals surface area (Å²) in [6.07, 6.45) is 0. The first-order valence-corrected chi connectivity index (χ1v) is 6.59. The minimum atomic E-state index is -0.673. The molecule has 0 aliphatic heterocycles. The van der Waals surface area contributed by atoms with Crippen LogP contribution in [0.2, 0.25) is 0 Å². The molecule has 0 atom stereocenters. The lowest BCUT2D eigenvalue weighted by Gasteiger charge is -2.11. The summed E-state index contributed by atoms with van der Waals surface area (Å²) in [7, 11) is 0. The van der Waals surface area contributed by atoms with Gasteiger partial charge < -0.3 is 15.2 Å². The zero-order valence-corrected chi connectivity index (χ0v) is 11.6. The Morgan fingerprint density at radius 3 is 2.76 bits per heavy atom. The number of rotatable bonds is 5. The second-order valence-corrected chi connectivity index (χ2v) is 4.41. The van der Waals surface area contributed by atoms with Crippen molar-refractivity contribution in [3.8, 4) is 5.75 Å². The maximum absolute atomic E-state index is 13.3. The Bertz CT molecular complexity index is 643. The van der Waals surface area contributed by atoms with Crippen LogP contribution in [0.3, 0.4) is 0 Å². The minimum Gasteiger partial charge on any atom is -0.505 e. The van der Waals surface area contributed by atoms with E-state index in [-0.39, 0.29) is 5.75 Å². The Hall–Kier alpha value is -2.56. The third-order valence-electron chi connectivity index (χ3n) is 2.92. The van der Waals surface area contributed by atoms with Crippen molar-refractivity contribution in [1.82, 2.24) is 0 Å². The van der Waals surface area contributed by atoms with Crippen molar-refractivity contribution in [2.45, 2.75) is 13.5 Å². The number of hydrogen-bond donors (Lipinski definition) is 2. The molecule has 0 bridgehead atoms. The fraction of sp³-hybridized carbons (Fsp3) is 0.188. The summed E-state index contributed by atoms with van der Waals surface area (Å²) < 4.78 is 18.2. The smallest absolute Gasteiger partial charge is 0.340 e. The molecule has 110 valence electrons. The van der Waals surface area contributed by atoms with Crippen LogP contribution in [-0.2, 0) is 11.3 Å². The minimum absolute atomic E-state index is 0.302. The predicted octanol–water partition coefficient (Wildman–Crippen LogP) is 3.32. The zero-order valence-electron chi connectivity index (χ0n) is 11.6. The van der Waals surface area contributed by atoms with Gasteiger partial charge in [-0.05, 0) is 36.8 Å². The first-order valence-electron chi connectivity index (χ1n) is 6.59. The molecular weight excluding hydrogens is 273 g/mol. The third-order valence-corrected chi connectivity index (χ3v) is 2.92. The largest absolute Gasteiger partial charge is 0.505 e. The molecule has 4 nitrogen and oxygen atoms in total. The number of carbonyl (C=O) groups is 1. The average Bonchev–Trinajstić information content (AvgIpc) is 2.49. The van der Waals surface area contributed by atoms with Gasteiger partial charge in [-0.3, -0.25) is 0 Å². The fourth-order valence-electron chi connectivity index (χ4n) is 1.88. The molecule has 2 aromatic rings. The normalized spacial score (nSPS) is 10.2. The molecule has 0 amide bonds. The molecule has 0 aromatic heterocycles. The maximum Gasteiger partial charge on any atom is 0.340 e. The molecule has 2 aromatic carbocycles. The lowest BCUT2D eigenvalue weighted by molar-refractivity contribution is 0.0527. The Kier molecular flexibility index (Phi) is 4.77. The van der Waals surface area contributed by atoms with Crippen LogP contribution < -0.4 is 5.32 Å². The molecule has 21 heavy (non-hydrogen) atoms. The van der Waals surface area contributed by atoms with E-state index in [2.05, 4.69) is 5.32 Å². The van der Waals surface area contributed by atoms with Crippen molar-refractivity contribution < 1.29 is 19.0 Å². The van der Waals surface area contributed by atoms with Crippen LogP contribution in [0.25, 0.3) is 0 Å². The zero-order chi connectivity index (χ0) is 15.2. The van der Waals surface area contributed by atoms with Gasteiger partial charge in [0.1, 0.15) is 0 Å². The van der Waals surface area contributed by atoms with Crippen LogP contribution in [-0.4, -0.2) is 17.7 Å².